The van der Waals surface area contributed by atoms with Crippen LogP contribution in [-0.2, 0) is 21.3 Å². The van der Waals surface area contributed by atoms with Crippen molar-refractivity contribution in [2.45, 2.75) is 76.3 Å². The SMILES string of the molecule is CC1=[C](/[Zr+2](=[C](\C)c2ccc(C)cc2)[CH]2c3ccccc3-c3ccccc32)C(C)C=C1CC12CC3CC(CC(C3)C1)C2.[Cl-].[Cl-]. The molecule has 4 fully saturated rings. The molecule has 4 saturated carbocycles. The molecule has 0 N–H and O–H groups in total. The van der Waals surface area contributed by atoms with Crippen molar-refractivity contribution in [3.63, 3.8) is 0 Å². The van der Waals surface area contributed by atoms with Crippen LogP contribution in [0, 0.1) is 36.0 Å². The molecule has 0 nitrogen and oxygen atoms in total. The fraction of sp³-hybridized carbons (Fsp3) is 0.425. The summed E-state index contributed by atoms with van der Waals surface area (Å²) in [4.78, 5) is 0. The van der Waals surface area contributed by atoms with E-state index >= 15 is 0 Å². The molecule has 6 aliphatic rings. The molecule has 3 aromatic carbocycles. The van der Waals surface area contributed by atoms with Gasteiger partial charge in [-0.25, -0.2) is 0 Å². The predicted octanol–water partition coefficient (Wildman–Crippen LogP) is 4.39. The third-order valence-electron chi connectivity index (χ3n) is 11.8. The van der Waals surface area contributed by atoms with Gasteiger partial charge in [-0.05, 0) is 0 Å². The minimum Gasteiger partial charge on any atom is -1.00 e. The first-order valence-electron chi connectivity index (χ1n) is 16.3. The molecule has 0 spiro atoms. The largest absolute Gasteiger partial charge is 1.00 e. The Hall–Kier alpha value is -1.53. The average molecular weight is 687 g/mol. The Morgan fingerprint density at radius 1 is 0.744 bits per heavy atom. The van der Waals surface area contributed by atoms with E-state index in [1.165, 1.54) is 67.2 Å². The van der Waals surface area contributed by atoms with Crippen LogP contribution in [0.4, 0.5) is 0 Å². The number of allylic oxidation sites excluding steroid dienone is 4. The van der Waals surface area contributed by atoms with Crippen LogP contribution < -0.4 is 24.8 Å². The second-order valence-corrected chi connectivity index (χ2v) is 21.2. The second-order valence-electron chi connectivity index (χ2n) is 14.6. The van der Waals surface area contributed by atoms with Gasteiger partial charge in [-0.2, -0.15) is 0 Å². The van der Waals surface area contributed by atoms with Crippen molar-refractivity contribution in [2.75, 3.05) is 0 Å². The summed E-state index contributed by atoms with van der Waals surface area (Å²) in [5, 5.41) is 0. The van der Waals surface area contributed by atoms with Gasteiger partial charge < -0.3 is 24.8 Å². The van der Waals surface area contributed by atoms with Crippen molar-refractivity contribution in [3.8, 4) is 11.1 Å². The van der Waals surface area contributed by atoms with Crippen LogP contribution in [0.2, 0.25) is 0 Å². The van der Waals surface area contributed by atoms with E-state index < -0.39 is 21.3 Å². The van der Waals surface area contributed by atoms with Crippen LogP contribution in [0.5, 0.6) is 0 Å². The first-order chi connectivity index (χ1) is 19.9. The Bertz CT molecular complexity index is 1560. The van der Waals surface area contributed by atoms with Crippen LogP contribution in [-0.4, -0.2) is 3.21 Å². The number of aryl methyl sites for hydroxylation is 1. The van der Waals surface area contributed by atoms with E-state index in [2.05, 4.69) is 107 Å². The standard InChI is InChI=1S/C18H25.C13H9.C9H10.2ClH.Zr/c1-12-3-13(2)17(4-12)11-18-8-14-5-15(9-18)7-16(6-14)10-18;1-3-7-12-10(5-1)9-11-6-2-4-8-13(11)12;1-3-9-6-4-8(2)5-7-9;;;/h4,12,14-16H,5-11H2,1-2H3;1-9H;4-7H,1-2H3;2*1H;/q;;;;;+2/p-2. The molecule has 1 unspecified atom stereocenters. The Morgan fingerprint density at radius 2 is 1.26 bits per heavy atom. The van der Waals surface area contributed by atoms with E-state index in [0.717, 1.165) is 17.8 Å². The predicted molar refractivity (Wildman–Crippen MR) is 170 cm³/mol. The van der Waals surface area contributed by atoms with E-state index in [0.29, 0.717) is 15.0 Å². The fourth-order valence-corrected chi connectivity index (χ4v) is 20.1. The van der Waals surface area contributed by atoms with Crippen LogP contribution in [0.1, 0.15) is 91.6 Å². The van der Waals surface area contributed by atoms with Crippen LogP contribution in [0.15, 0.2) is 93.3 Å². The molecule has 1 atom stereocenters. The third kappa shape index (κ3) is 5.28. The summed E-state index contributed by atoms with van der Waals surface area (Å²) in [6.07, 6.45) is 13.3. The number of hydrogen-bond acceptors (Lipinski definition) is 0. The van der Waals surface area contributed by atoms with Gasteiger partial charge in [-0.1, -0.05) is 0 Å². The van der Waals surface area contributed by atoms with Gasteiger partial charge in [0, 0.05) is 0 Å². The van der Waals surface area contributed by atoms with Gasteiger partial charge >= 0.3 is 257 Å². The third-order valence-corrected chi connectivity index (χ3v) is 20.9. The number of hydrogen-bond donors (Lipinski definition) is 0. The zero-order valence-electron chi connectivity index (χ0n) is 26.1. The average Bonchev–Trinajstić information content (AvgIpc) is 3.42. The zero-order chi connectivity index (χ0) is 27.9. The number of benzene rings is 3. The summed E-state index contributed by atoms with van der Waals surface area (Å²) >= 11 is -2.48. The van der Waals surface area contributed by atoms with E-state index in [1.54, 1.807) is 25.5 Å². The summed E-state index contributed by atoms with van der Waals surface area (Å²) in [7, 11) is 0. The minimum absolute atomic E-state index is 0. The Labute approximate surface area is 279 Å². The summed E-state index contributed by atoms with van der Waals surface area (Å²) < 4.78 is 4.14. The van der Waals surface area contributed by atoms with Crippen molar-refractivity contribution in [2.24, 2.45) is 29.1 Å². The molecule has 3 heteroatoms. The molecule has 9 rings (SSSR count). The topological polar surface area (TPSA) is 0 Å². The van der Waals surface area contributed by atoms with Crippen molar-refractivity contribution >= 4 is 3.21 Å². The molecule has 4 bridgehead atoms. The minimum atomic E-state index is -2.48. The molecule has 222 valence electrons. The number of fused-ring (bicyclic) bond motifs is 3. The monoisotopic (exact) mass is 684 g/mol. The van der Waals surface area contributed by atoms with Gasteiger partial charge in [0.25, 0.3) is 0 Å². The molecular weight excluding hydrogens is 643 g/mol. The molecule has 43 heavy (non-hydrogen) atoms. The quantitative estimate of drug-likeness (QED) is 0.374. The maximum atomic E-state index is 2.75. The van der Waals surface area contributed by atoms with Gasteiger partial charge in [0.05, 0.1) is 0 Å². The van der Waals surface area contributed by atoms with Gasteiger partial charge in [0.1, 0.15) is 0 Å². The molecule has 0 aromatic heterocycles. The molecule has 0 radical (unpaired) electrons. The van der Waals surface area contributed by atoms with E-state index in [-0.39, 0.29) is 24.8 Å². The fourth-order valence-electron chi connectivity index (χ4n) is 10.6. The van der Waals surface area contributed by atoms with Gasteiger partial charge in [0.15, 0.2) is 0 Å². The normalized spacial score (nSPS) is 28.6. The van der Waals surface area contributed by atoms with Crippen molar-refractivity contribution in [1.82, 2.24) is 0 Å². The van der Waals surface area contributed by atoms with Crippen molar-refractivity contribution in [3.05, 3.63) is 116 Å². The number of rotatable bonds is 5. The number of halogens is 2. The smallest absolute Gasteiger partial charge is 1.00 e. The summed E-state index contributed by atoms with van der Waals surface area (Å²) in [6.45, 7) is 9.82. The molecule has 3 aromatic rings. The van der Waals surface area contributed by atoms with E-state index in [1.807, 2.05) is 3.28 Å². The molecular formula is C40H44Cl2Zr. The molecule has 0 saturated heterocycles. The second kappa shape index (κ2) is 12.0. The van der Waals surface area contributed by atoms with Gasteiger partial charge in [-0.15, -0.1) is 0 Å². The molecule has 0 heterocycles. The first-order valence-corrected chi connectivity index (χ1v) is 20.1. The van der Waals surface area contributed by atoms with Crippen LogP contribution >= 0.6 is 0 Å². The van der Waals surface area contributed by atoms with Gasteiger partial charge in [-0.3, -0.25) is 0 Å². The maximum absolute atomic E-state index is 2.75. The van der Waals surface area contributed by atoms with Gasteiger partial charge in [0.2, 0.25) is 0 Å². The van der Waals surface area contributed by atoms with E-state index in [4.69, 9.17) is 0 Å². The van der Waals surface area contributed by atoms with Crippen molar-refractivity contribution in [1.29, 1.82) is 0 Å². The molecule has 0 aliphatic heterocycles. The summed E-state index contributed by atoms with van der Waals surface area (Å²) in [5.41, 5.74) is 13.0. The van der Waals surface area contributed by atoms with Crippen molar-refractivity contribution < 1.29 is 46.1 Å². The Kier molecular flexibility index (Phi) is 8.78. The summed E-state index contributed by atoms with van der Waals surface area (Å²) in [5.74, 6) is 3.64. The maximum Gasteiger partial charge on any atom is -1.00 e. The zero-order valence-corrected chi connectivity index (χ0v) is 30.1. The Balaban J connectivity index is 0.00000165. The Morgan fingerprint density at radius 3 is 1.79 bits per heavy atom. The molecule has 6 aliphatic carbocycles. The summed E-state index contributed by atoms with van der Waals surface area (Å²) in [6, 6.07) is 28.2. The molecule has 0 amide bonds. The van der Waals surface area contributed by atoms with Crippen LogP contribution in [0.25, 0.3) is 11.1 Å². The van der Waals surface area contributed by atoms with Crippen LogP contribution in [0.3, 0.4) is 0 Å². The first kappa shape index (κ1) is 31.5. The van der Waals surface area contributed by atoms with E-state index in [9.17, 15) is 0 Å².